The Kier molecular flexibility index (Phi) is 8.18. The fourth-order valence-electron chi connectivity index (χ4n) is 1.63. The lowest BCUT2D eigenvalue weighted by molar-refractivity contribution is 0.0817. The molecule has 0 saturated carbocycles. The molecule has 0 unspecified atom stereocenters. The van der Waals surface area contributed by atoms with Gasteiger partial charge in [0.1, 0.15) is 12.4 Å². The van der Waals surface area contributed by atoms with E-state index >= 15 is 0 Å². The molecule has 0 aliphatic heterocycles. The second-order valence-electron chi connectivity index (χ2n) is 5.04. The molecule has 20 heavy (non-hydrogen) atoms. The summed E-state index contributed by atoms with van der Waals surface area (Å²) in [7, 11) is 0. The number of hydrogen-bond donors (Lipinski definition) is 0. The smallest absolute Gasteiger partial charge is 0.122 e. The summed E-state index contributed by atoms with van der Waals surface area (Å²) >= 11 is 5.59. The molecule has 2 nitrogen and oxygen atoms in total. The van der Waals surface area contributed by atoms with Crippen LogP contribution < -0.4 is 4.74 Å². The van der Waals surface area contributed by atoms with E-state index in [2.05, 4.69) is 25.7 Å². The summed E-state index contributed by atoms with van der Waals surface area (Å²) in [6, 6.07) is 5.96. The lowest BCUT2D eigenvalue weighted by Crippen LogP contribution is -2.10. The molecule has 0 atom stereocenters. The third kappa shape index (κ3) is 6.84. The number of benzene rings is 1. The number of ether oxygens (including phenoxy) is 2. The van der Waals surface area contributed by atoms with Crippen molar-refractivity contribution in [1.29, 1.82) is 0 Å². The van der Waals surface area contributed by atoms with E-state index in [4.69, 9.17) is 21.1 Å². The van der Waals surface area contributed by atoms with Crippen molar-refractivity contribution in [2.45, 2.75) is 27.2 Å². The van der Waals surface area contributed by atoms with Crippen molar-refractivity contribution in [2.75, 3.05) is 25.7 Å². The van der Waals surface area contributed by atoms with Crippen LogP contribution in [-0.2, 0) is 4.74 Å². The third-order valence-electron chi connectivity index (χ3n) is 2.56. The number of aryl methyl sites for hydroxylation is 1. The molecule has 1 aromatic rings. The number of hydrogen-bond acceptors (Lipinski definition) is 2. The van der Waals surface area contributed by atoms with Crippen LogP contribution in [0.4, 0.5) is 0 Å². The number of halogens is 1. The molecule has 0 radical (unpaired) electrons. The highest BCUT2D eigenvalue weighted by atomic mass is 35.5. The largest absolute Gasteiger partial charge is 0.491 e. The lowest BCUT2D eigenvalue weighted by atomic mass is 10.1. The molecule has 0 heterocycles. The first-order chi connectivity index (χ1) is 9.63. The van der Waals surface area contributed by atoms with Crippen LogP contribution in [0.25, 0.3) is 0 Å². The summed E-state index contributed by atoms with van der Waals surface area (Å²) < 4.78 is 11.2. The van der Waals surface area contributed by atoms with Gasteiger partial charge in [-0.1, -0.05) is 25.7 Å². The Bertz CT molecular complexity index is 458. The maximum atomic E-state index is 5.70. The van der Waals surface area contributed by atoms with Gasteiger partial charge in [0.05, 0.1) is 6.61 Å². The summed E-state index contributed by atoms with van der Waals surface area (Å²) in [6.45, 7) is 8.26. The van der Waals surface area contributed by atoms with Gasteiger partial charge < -0.3 is 9.47 Å². The fourth-order valence-corrected chi connectivity index (χ4v) is 1.72. The molecule has 110 valence electrons. The van der Waals surface area contributed by atoms with Gasteiger partial charge in [-0.25, -0.2) is 0 Å². The molecule has 3 heteroatoms. The number of rotatable bonds is 7. The van der Waals surface area contributed by atoms with Crippen molar-refractivity contribution in [3.05, 3.63) is 29.3 Å². The van der Waals surface area contributed by atoms with E-state index in [1.807, 2.05) is 25.1 Å². The van der Waals surface area contributed by atoms with Crippen molar-refractivity contribution in [3.63, 3.8) is 0 Å². The van der Waals surface area contributed by atoms with Gasteiger partial charge >= 0.3 is 0 Å². The molecule has 0 fully saturated rings. The predicted molar refractivity (Wildman–Crippen MR) is 84.5 cm³/mol. The van der Waals surface area contributed by atoms with Gasteiger partial charge in [0.25, 0.3) is 0 Å². The van der Waals surface area contributed by atoms with Crippen molar-refractivity contribution in [1.82, 2.24) is 0 Å². The molecule has 0 N–H and O–H groups in total. The Balaban J connectivity index is 2.42. The molecule has 1 rings (SSSR count). The quantitative estimate of drug-likeness (QED) is 0.429. The van der Waals surface area contributed by atoms with Crippen LogP contribution in [0.5, 0.6) is 5.75 Å². The summed E-state index contributed by atoms with van der Waals surface area (Å²) in [5.74, 6) is 8.13. The molecule has 0 aliphatic rings. The third-order valence-corrected chi connectivity index (χ3v) is 2.75. The molecule has 0 aliphatic carbocycles. The van der Waals surface area contributed by atoms with Gasteiger partial charge in [0, 0.05) is 24.5 Å². The van der Waals surface area contributed by atoms with E-state index in [0.717, 1.165) is 23.5 Å². The van der Waals surface area contributed by atoms with Crippen LogP contribution in [0.15, 0.2) is 18.2 Å². The first-order valence-electron chi connectivity index (χ1n) is 6.99. The van der Waals surface area contributed by atoms with Crippen molar-refractivity contribution in [2.24, 2.45) is 5.92 Å². The van der Waals surface area contributed by atoms with Gasteiger partial charge in [0.15, 0.2) is 0 Å². The molecule has 0 aromatic heterocycles. The highest BCUT2D eigenvalue weighted by Gasteiger charge is 2.00. The minimum atomic E-state index is 0.558. The zero-order chi connectivity index (χ0) is 14.8. The summed E-state index contributed by atoms with van der Waals surface area (Å²) in [4.78, 5) is 0. The fraction of sp³-hybridized carbons (Fsp3) is 0.529. The highest BCUT2D eigenvalue weighted by Crippen LogP contribution is 2.18. The van der Waals surface area contributed by atoms with E-state index < -0.39 is 0 Å². The second-order valence-corrected chi connectivity index (χ2v) is 5.42. The highest BCUT2D eigenvalue weighted by molar-refractivity contribution is 6.18. The van der Waals surface area contributed by atoms with E-state index in [1.165, 1.54) is 0 Å². The zero-order valence-corrected chi connectivity index (χ0v) is 13.3. The van der Waals surface area contributed by atoms with Crippen LogP contribution in [0.3, 0.4) is 0 Å². The van der Waals surface area contributed by atoms with Crippen molar-refractivity contribution < 1.29 is 9.47 Å². The topological polar surface area (TPSA) is 18.5 Å². The molecular formula is C17H23ClO2. The Labute approximate surface area is 127 Å². The van der Waals surface area contributed by atoms with Gasteiger partial charge in [0.2, 0.25) is 0 Å². The Morgan fingerprint density at radius 1 is 1.25 bits per heavy atom. The van der Waals surface area contributed by atoms with Crippen LogP contribution >= 0.6 is 11.6 Å². The van der Waals surface area contributed by atoms with Gasteiger partial charge in [-0.05, 0) is 36.6 Å². The maximum Gasteiger partial charge on any atom is 0.122 e. The maximum absolute atomic E-state index is 5.70. The molecule has 0 bridgehead atoms. The van der Waals surface area contributed by atoms with Crippen LogP contribution in [0.1, 0.15) is 31.4 Å². The number of alkyl halides is 1. The van der Waals surface area contributed by atoms with Crippen LogP contribution in [0, 0.1) is 24.7 Å². The SMILES string of the molecule is Cc1cc(C#CCCCl)ccc1OCCOCC(C)C. The first-order valence-corrected chi connectivity index (χ1v) is 7.53. The first kappa shape index (κ1) is 16.9. The van der Waals surface area contributed by atoms with Gasteiger partial charge in [-0.15, -0.1) is 11.6 Å². The average Bonchev–Trinajstić information content (AvgIpc) is 2.40. The summed E-state index contributed by atoms with van der Waals surface area (Å²) in [5, 5.41) is 0. The monoisotopic (exact) mass is 294 g/mol. The van der Waals surface area contributed by atoms with Gasteiger partial charge in [-0.2, -0.15) is 0 Å². The van der Waals surface area contributed by atoms with E-state index in [9.17, 15) is 0 Å². The average molecular weight is 295 g/mol. The minimum absolute atomic E-state index is 0.558. The van der Waals surface area contributed by atoms with Gasteiger partial charge in [-0.3, -0.25) is 0 Å². The Hall–Kier alpha value is -1.17. The Morgan fingerprint density at radius 3 is 2.70 bits per heavy atom. The standard InChI is InChI=1S/C17H23ClO2/c1-14(2)13-19-10-11-20-17-8-7-16(12-15(17)3)6-4-5-9-18/h7-8,12,14H,5,9-11,13H2,1-3H3. The van der Waals surface area contributed by atoms with E-state index in [1.54, 1.807) is 0 Å². The zero-order valence-electron chi connectivity index (χ0n) is 12.5. The van der Waals surface area contributed by atoms with Crippen molar-refractivity contribution in [3.8, 4) is 17.6 Å². The normalized spacial score (nSPS) is 10.2. The molecule has 0 amide bonds. The Morgan fingerprint density at radius 2 is 2.05 bits per heavy atom. The molecular weight excluding hydrogens is 272 g/mol. The van der Waals surface area contributed by atoms with Crippen LogP contribution in [-0.4, -0.2) is 25.7 Å². The van der Waals surface area contributed by atoms with E-state index in [0.29, 0.717) is 31.4 Å². The molecule has 0 spiro atoms. The van der Waals surface area contributed by atoms with E-state index in [-0.39, 0.29) is 0 Å². The lowest BCUT2D eigenvalue weighted by Gasteiger charge is -2.10. The molecule has 1 aromatic carbocycles. The second kappa shape index (κ2) is 9.69. The minimum Gasteiger partial charge on any atom is -0.491 e. The van der Waals surface area contributed by atoms with Crippen molar-refractivity contribution >= 4 is 11.6 Å². The summed E-state index contributed by atoms with van der Waals surface area (Å²) in [6.07, 6.45) is 0.714. The molecule has 0 saturated heterocycles. The summed E-state index contributed by atoms with van der Waals surface area (Å²) in [5.41, 5.74) is 2.09. The predicted octanol–water partition coefficient (Wildman–Crippen LogP) is 4.03. The van der Waals surface area contributed by atoms with Crippen LogP contribution in [0.2, 0.25) is 0 Å².